The van der Waals surface area contributed by atoms with Gasteiger partial charge in [0, 0.05) is 17.6 Å². The molecule has 0 aliphatic heterocycles. The molecule has 7 heteroatoms. The average molecular weight is 357 g/mol. The average Bonchev–Trinajstić information content (AvgIpc) is 2.30. The molecule has 0 aliphatic carbocycles. The molecule has 0 rings (SSSR count). The van der Waals surface area contributed by atoms with E-state index in [1.165, 1.54) is 0 Å². The molecule has 0 radical (unpaired) electrons. The first-order valence-corrected chi connectivity index (χ1v) is 8.55. The van der Waals surface area contributed by atoms with Crippen LogP contribution in [-0.4, -0.2) is 41.0 Å². The minimum atomic E-state index is -0.635. The van der Waals surface area contributed by atoms with E-state index in [-0.39, 0.29) is 5.97 Å². The number of esters is 2. The van der Waals surface area contributed by atoms with Crippen LogP contribution in [0, 0.1) is 0 Å². The van der Waals surface area contributed by atoms with Crippen LogP contribution in [0.15, 0.2) is 12.7 Å². The van der Waals surface area contributed by atoms with Gasteiger partial charge in [0.05, 0.1) is 0 Å². The van der Waals surface area contributed by atoms with Crippen LogP contribution < -0.4 is 0 Å². The second-order valence-electron chi connectivity index (χ2n) is 3.62. The molecule has 0 fully saturated rings. The summed E-state index contributed by atoms with van der Waals surface area (Å²) < 4.78 is 9.21. The molecular weight excluding hydrogens is 340 g/mol. The number of alkyl halides is 1. The molecule has 0 aromatic heterocycles. The van der Waals surface area contributed by atoms with Gasteiger partial charge in [-0.15, -0.1) is 0 Å². The van der Waals surface area contributed by atoms with Gasteiger partial charge in [0.15, 0.2) is 0 Å². The van der Waals surface area contributed by atoms with Gasteiger partial charge in [-0.2, -0.15) is 0 Å². The molecule has 0 aromatic rings. The maximum absolute atomic E-state index is 11.4. The first kappa shape index (κ1) is 17.9. The van der Waals surface area contributed by atoms with E-state index in [0.717, 1.165) is 6.08 Å². The Bertz CT molecular complexity index is 289. The minimum absolute atomic E-state index is 0.270. The van der Waals surface area contributed by atoms with Crippen LogP contribution in [0.25, 0.3) is 0 Å². The highest BCUT2D eigenvalue weighted by Gasteiger charge is 2.24. The van der Waals surface area contributed by atoms with E-state index in [1.807, 2.05) is 0 Å². The Hall–Kier alpha value is -0.140. The topological polar surface area (TPSA) is 52.6 Å². The molecule has 0 amide bonds. The molecule has 0 bridgehead atoms. The van der Waals surface area contributed by atoms with Crippen molar-refractivity contribution in [1.82, 2.24) is 0 Å². The van der Waals surface area contributed by atoms with Crippen molar-refractivity contribution in [2.75, 3.05) is 24.7 Å². The largest absolute Gasteiger partial charge is 0.464 e. The first-order valence-electron chi connectivity index (χ1n) is 5.27. The molecule has 104 valence electrons. The van der Waals surface area contributed by atoms with Crippen LogP contribution >= 0.6 is 37.5 Å². The van der Waals surface area contributed by atoms with Crippen molar-refractivity contribution in [1.29, 1.82) is 0 Å². The third kappa shape index (κ3) is 9.85. The van der Waals surface area contributed by atoms with Crippen molar-refractivity contribution in [3.63, 3.8) is 0 Å². The summed E-state index contributed by atoms with van der Waals surface area (Å²) in [5.74, 6) is 0.721. The van der Waals surface area contributed by atoms with Crippen molar-refractivity contribution >= 4 is 49.5 Å². The van der Waals surface area contributed by atoms with Gasteiger partial charge in [0.2, 0.25) is 0 Å². The van der Waals surface area contributed by atoms with Crippen molar-refractivity contribution in [2.45, 2.75) is 18.2 Å². The van der Waals surface area contributed by atoms with Crippen LogP contribution in [0.4, 0.5) is 0 Å². The molecule has 0 aliphatic rings. The second kappa shape index (κ2) is 9.75. The quantitative estimate of drug-likeness (QED) is 0.208. The SMILES string of the molecule is C=CC(=O)OCCSSCCOC(=O)C(C)(C)Br. The van der Waals surface area contributed by atoms with Crippen LogP contribution in [0.2, 0.25) is 0 Å². The van der Waals surface area contributed by atoms with E-state index < -0.39 is 10.3 Å². The third-order valence-corrected chi connectivity index (χ3v) is 4.20. The van der Waals surface area contributed by atoms with Gasteiger partial charge in [-0.1, -0.05) is 44.1 Å². The van der Waals surface area contributed by atoms with Gasteiger partial charge >= 0.3 is 11.9 Å². The molecule has 0 saturated carbocycles. The van der Waals surface area contributed by atoms with Gasteiger partial charge < -0.3 is 9.47 Å². The Labute approximate surface area is 124 Å². The summed E-state index contributed by atoms with van der Waals surface area (Å²) in [6.45, 7) is 7.51. The molecule has 4 nitrogen and oxygen atoms in total. The normalized spacial score (nSPS) is 10.8. The van der Waals surface area contributed by atoms with E-state index in [0.29, 0.717) is 24.7 Å². The Morgan fingerprint density at radius 1 is 1.22 bits per heavy atom. The molecule has 0 spiro atoms. The Morgan fingerprint density at radius 3 is 2.17 bits per heavy atom. The predicted octanol–water partition coefficient (Wildman–Crippen LogP) is 2.81. The van der Waals surface area contributed by atoms with E-state index in [1.54, 1.807) is 35.4 Å². The van der Waals surface area contributed by atoms with Crippen molar-refractivity contribution in [3.8, 4) is 0 Å². The zero-order chi connectivity index (χ0) is 14.0. The third-order valence-electron chi connectivity index (χ3n) is 1.55. The Kier molecular flexibility index (Phi) is 9.67. The summed E-state index contributed by atoms with van der Waals surface area (Å²) in [5.41, 5.74) is 0. The monoisotopic (exact) mass is 356 g/mol. The molecule has 0 unspecified atom stereocenters. The highest BCUT2D eigenvalue weighted by molar-refractivity contribution is 9.10. The van der Waals surface area contributed by atoms with Gasteiger partial charge in [-0.3, -0.25) is 4.79 Å². The zero-order valence-corrected chi connectivity index (χ0v) is 13.7. The Balaban J connectivity index is 3.34. The van der Waals surface area contributed by atoms with Gasteiger partial charge in [-0.05, 0) is 13.8 Å². The van der Waals surface area contributed by atoms with Gasteiger partial charge in [0.25, 0.3) is 0 Å². The lowest BCUT2D eigenvalue weighted by molar-refractivity contribution is -0.144. The molecule has 0 saturated heterocycles. The lowest BCUT2D eigenvalue weighted by Gasteiger charge is -2.14. The molecule has 0 atom stereocenters. The number of hydrogen-bond donors (Lipinski definition) is 0. The van der Waals surface area contributed by atoms with E-state index in [2.05, 4.69) is 22.5 Å². The molecular formula is C11H17BrO4S2. The maximum atomic E-state index is 11.4. The van der Waals surface area contributed by atoms with E-state index in [9.17, 15) is 9.59 Å². The molecule has 0 N–H and O–H groups in total. The fourth-order valence-corrected chi connectivity index (χ4v) is 2.46. The summed E-state index contributed by atoms with van der Waals surface area (Å²) in [6.07, 6.45) is 1.14. The molecule has 18 heavy (non-hydrogen) atoms. The standard InChI is InChI=1S/C11H17BrO4S2/c1-4-9(13)15-5-7-17-18-8-6-16-10(14)11(2,3)12/h4H,1,5-8H2,2-3H3. The van der Waals surface area contributed by atoms with Crippen molar-refractivity contribution in [2.24, 2.45) is 0 Å². The van der Waals surface area contributed by atoms with Crippen molar-refractivity contribution in [3.05, 3.63) is 12.7 Å². The van der Waals surface area contributed by atoms with Gasteiger partial charge in [0.1, 0.15) is 17.5 Å². The van der Waals surface area contributed by atoms with Crippen molar-refractivity contribution < 1.29 is 19.1 Å². The lowest BCUT2D eigenvalue weighted by Crippen LogP contribution is -2.27. The van der Waals surface area contributed by atoms with E-state index >= 15 is 0 Å². The number of ether oxygens (including phenoxy) is 2. The fraction of sp³-hybridized carbons (Fsp3) is 0.636. The van der Waals surface area contributed by atoms with E-state index in [4.69, 9.17) is 9.47 Å². The number of carbonyl (C=O) groups excluding carboxylic acids is 2. The Morgan fingerprint density at radius 2 is 1.72 bits per heavy atom. The maximum Gasteiger partial charge on any atom is 0.330 e. The number of carbonyl (C=O) groups is 2. The summed E-state index contributed by atoms with van der Waals surface area (Å²) in [7, 11) is 3.14. The summed E-state index contributed by atoms with van der Waals surface area (Å²) in [4.78, 5) is 22.1. The van der Waals surface area contributed by atoms with Crippen LogP contribution in [-0.2, 0) is 19.1 Å². The first-order chi connectivity index (χ1) is 8.38. The lowest BCUT2D eigenvalue weighted by atomic mass is 10.2. The highest BCUT2D eigenvalue weighted by Crippen LogP contribution is 2.21. The molecule has 0 aromatic carbocycles. The van der Waals surface area contributed by atoms with Crippen LogP contribution in [0.5, 0.6) is 0 Å². The minimum Gasteiger partial charge on any atom is -0.464 e. The number of rotatable bonds is 9. The summed E-state index contributed by atoms with van der Waals surface area (Å²) >= 11 is 3.22. The molecule has 0 heterocycles. The fourth-order valence-electron chi connectivity index (χ4n) is 0.693. The van der Waals surface area contributed by atoms with Crippen LogP contribution in [0.1, 0.15) is 13.8 Å². The number of hydrogen-bond acceptors (Lipinski definition) is 6. The highest BCUT2D eigenvalue weighted by atomic mass is 79.9. The number of halogens is 1. The summed E-state index contributed by atoms with van der Waals surface area (Å²) in [6, 6.07) is 0. The van der Waals surface area contributed by atoms with Gasteiger partial charge in [-0.25, -0.2) is 4.79 Å². The summed E-state index contributed by atoms with van der Waals surface area (Å²) in [5, 5.41) is 0. The second-order valence-corrected chi connectivity index (χ2v) is 8.31. The predicted molar refractivity (Wildman–Crippen MR) is 80.0 cm³/mol. The zero-order valence-electron chi connectivity index (χ0n) is 10.4. The van der Waals surface area contributed by atoms with Crippen LogP contribution in [0.3, 0.4) is 0 Å². The smallest absolute Gasteiger partial charge is 0.330 e.